The Hall–Kier alpha value is -0.540. The zero-order valence-electron chi connectivity index (χ0n) is 11.5. The molecular formula is C15H24N2S. The molecular weight excluding hydrogens is 240 g/mol. The molecule has 2 atom stereocenters. The molecule has 18 heavy (non-hydrogen) atoms. The summed E-state index contributed by atoms with van der Waals surface area (Å²) in [6.45, 7) is 4.20. The number of hydrogen-bond donors (Lipinski definition) is 1. The number of thioether (sulfide) groups is 1. The zero-order chi connectivity index (χ0) is 13.0. The van der Waals surface area contributed by atoms with Crippen LogP contribution in [0.3, 0.4) is 0 Å². The van der Waals surface area contributed by atoms with Gasteiger partial charge in [-0.2, -0.15) is 0 Å². The van der Waals surface area contributed by atoms with Gasteiger partial charge < -0.3 is 5.73 Å². The van der Waals surface area contributed by atoms with E-state index in [2.05, 4.69) is 31.0 Å². The minimum atomic E-state index is 0.331. The summed E-state index contributed by atoms with van der Waals surface area (Å²) in [6.07, 6.45) is 7.73. The Kier molecular flexibility index (Phi) is 5.07. The van der Waals surface area contributed by atoms with E-state index in [4.69, 9.17) is 5.73 Å². The summed E-state index contributed by atoms with van der Waals surface area (Å²) in [6, 6.07) is 4.64. The SMILES string of the molecule is Cc1cc(C)nc(SC2CCCCCCC2N)c1. The Bertz CT molecular complexity index is 372. The van der Waals surface area contributed by atoms with Gasteiger partial charge in [-0.05, 0) is 44.4 Å². The molecule has 1 aliphatic rings. The second-order valence-electron chi connectivity index (χ2n) is 5.44. The van der Waals surface area contributed by atoms with Crippen molar-refractivity contribution in [3.8, 4) is 0 Å². The van der Waals surface area contributed by atoms with Crippen molar-refractivity contribution in [1.29, 1.82) is 0 Å². The van der Waals surface area contributed by atoms with Crippen molar-refractivity contribution in [2.45, 2.75) is 68.7 Å². The molecule has 100 valence electrons. The van der Waals surface area contributed by atoms with Gasteiger partial charge in [0.1, 0.15) is 0 Å². The molecule has 0 radical (unpaired) electrons. The van der Waals surface area contributed by atoms with E-state index >= 15 is 0 Å². The molecule has 1 fully saturated rings. The lowest BCUT2D eigenvalue weighted by Gasteiger charge is -2.25. The van der Waals surface area contributed by atoms with E-state index in [1.54, 1.807) is 0 Å². The maximum atomic E-state index is 6.32. The molecule has 1 aromatic rings. The second kappa shape index (κ2) is 6.58. The molecule has 1 aromatic heterocycles. The average molecular weight is 264 g/mol. The van der Waals surface area contributed by atoms with Crippen LogP contribution >= 0.6 is 11.8 Å². The number of nitrogens with two attached hydrogens (primary N) is 1. The highest BCUT2D eigenvalue weighted by molar-refractivity contribution is 7.99. The number of hydrogen-bond acceptors (Lipinski definition) is 3. The highest BCUT2D eigenvalue weighted by Gasteiger charge is 2.21. The molecule has 0 saturated heterocycles. The number of nitrogens with zero attached hydrogens (tertiary/aromatic N) is 1. The van der Waals surface area contributed by atoms with Crippen LogP contribution in [0.1, 0.15) is 49.8 Å². The highest BCUT2D eigenvalue weighted by atomic mass is 32.2. The molecule has 2 nitrogen and oxygen atoms in total. The summed E-state index contributed by atoms with van der Waals surface area (Å²) in [7, 11) is 0. The maximum absolute atomic E-state index is 6.32. The van der Waals surface area contributed by atoms with Crippen LogP contribution in [0.2, 0.25) is 0 Å². The Morgan fingerprint density at radius 1 is 1.11 bits per heavy atom. The van der Waals surface area contributed by atoms with Crippen molar-refractivity contribution in [3.05, 3.63) is 23.4 Å². The van der Waals surface area contributed by atoms with E-state index in [1.807, 2.05) is 11.8 Å². The van der Waals surface area contributed by atoms with Crippen LogP contribution < -0.4 is 5.73 Å². The van der Waals surface area contributed by atoms with Crippen molar-refractivity contribution >= 4 is 11.8 Å². The van der Waals surface area contributed by atoms with Crippen molar-refractivity contribution < 1.29 is 0 Å². The summed E-state index contributed by atoms with van der Waals surface area (Å²) in [5.41, 5.74) is 8.73. The van der Waals surface area contributed by atoms with Crippen LogP contribution in [0, 0.1) is 13.8 Å². The lowest BCUT2D eigenvalue weighted by molar-refractivity contribution is 0.463. The van der Waals surface area contributed by atoms with Crippen molar-refractivity contribution in [3.63, 3.8) is 0 Å². The van der Waals surface area contributed by atoms with Gasteiger partial charge in [0.05, 0.1) is 5.03 Å². The Labute approximate surface area is 115 Å². The van der Waals surface area contributed by atoms with Crippen LogP contribution in [0.25, 0.3) is 0 Å². The van der Waals surface area contributed by atoms with Crippen LogP contribution in [-0.4, -0.2) is 16.3 Å². The number of aromatic nitrogens is 1. The summed E-state index contributed by atoms with van der Waals surface area (Å²) >= 11 is 1.89. The van der Waals surface area contributed by atoms with Gasteiger partial charge in [0.2, 0.25) is 0 Å². The van der Waals surface area contributed by atoms with Gasteiger partial charge in [-0.15, -0.1) is 11.8 Å². The third kappa shape index (κ3) is 3.99. The monoisotopic (exact) mass is 264 g/mol. The minimum Gasteiger partial charge on any atom is -0.327 e. The van der Waals surface area contributed by atoms with E-state index in [9.17, 15) is 0 Å². The third-order valence-electron chi connectivity index (χ3n) is 3.60. The van der Waals surface area contributed by atoms with Crippen molar-refractivity contribution in [1.82, 2.24) is 4.98 Å². The van der Waals surface area contributed by atoms with Gasteiger partial charge >= 0.3 is 0 Å². The molecule has 3 heteroatoms. The molecule has 0 amide bonds. The van der Waals surface area contributed by atoms with Crippen LogP contribution in [0.15, 0.2) is 17.2 Å². The fraction of sp³-hybridized carbons (Fsp3) is 0.667. The summed E-state index contributed by atoms with van der Waals surface area (Å²) < 4.78 is 0. The van der Waals surface area contributed by atoms with E-state index < -0.39 is 0 Å². The summed E-state index contributed by atoms with van der Waals surface area (Å²) in [5, 5.41) is 1.69. The smallest absolute Gasteiger partial charge is 0.0968 e. The maximum Gasteiger partial charge on any atom is 0.0968 e. The van der Waals surface area contributed by atoms with E-state index in [-0.39, 0.29) is 0 Å². The van der Waals surface area contributed by atoms with Gasteiger partial charge in [-0.25, -0.2) is 4.98 Å². The van der Waals surface area contributed by atoms with Gasteiger partial charge in [0.25, 0.3) is 0 Å². The second-order valence-corrected chi connectivity index (χ2v) is 6.70. The fourth-order valence-corrected chi connectivity index (χ4v) is 4.00. The van der Waals surface area contributed by atoms with Gasteiger partial charge in [-0.3, -0.25) is 0 Å². The van der Waals surface area contributed by atoms with E-state index in [0.29, 0.717) is 11.3 Å². The first-order chi connectivity index (χ1) is 8.65. The lowest BCUT2D eigenvalue weighted by atomic mass is 9.97. The van der Waals surface area contributed by atoms with Gasteiger partial charge in [-0.1, -0.05) is 25.7 Å². The first kappa shape index (κ1) is 13.9. The largest absolute Gasteiger partial charge is 0.327 e. The molecule has 0 spiro atoms. The van der Waals surface area contributed by atoms with E-state index in [1.165, 1.54) is 44.1 Å². The van der Waals surface area contributed by atoms with Crippen LogP contribution in [-0.2, 0) is 0 Å². The summed E-state index contributed by atoms with van der Waals surface area (Å²) in [5.74, 6) is 0. The standard InChI is InChI=1S/C15H24N2S/c1-11-9-12(2)17-15(10-11)18-14-8-6-4-3-5-7-13(14)16/h9-10,13-14H,3-8,16H2,1-2H3. The molecule has 1 saturated carbocycles. The molecule has 0 aromatic carbocycles. The normalized spacial score (nSPS) is 25.5. The minimum absolute atomic E-state index is 0.331. The van der Waals surface area contributed by atoms with Gasteiger partial charge in [0.15, 0.2) is 0 Å². The van der Waals surface area contributed by atoms with Crippen LogP contribution in [0.4, 0.5) is 0 Å². The molecule has 1 heterocycles. The lowest BCUT2D eigenvalue weighted by Crippen LogP contribution is -2.33. The molecule has 2 unspecified atom stereocenters. The van der Waals surface area contributed by atoms with Crippen molar-refractivity contribution in [2.24, 2.45) is 5.73 Å². The number of rotatable bonds is 2. The Balaban J connectivity index is 2.05. The number of aryl methyl sites for hydroxylation is 2. The first-order valence-electron chi connectivity index (χ1n) is 7.02. The number of pyridine rings is 1. The topological polar surface area (TPSA) is 38.9 Å². The van der Waals surface area contributed by atoms with E-state index in [0.717, 1.165) is 10.7 Å². The third-order valence-corrected chi connectivity index (χ3v) is 4.94. The van der Waals surface area contributed by atoms with Gasteiger partial charge in [0, 0.05) is 17.0 Å². The molecule has 0 aliphatic heterocycles. The predicted octanol–water partition coefficient (Wildman–Crippen LogP) is 3.84. The summed E-state index contributed by atoms with van der Waals surface area (Å²) in [4.78, 5) is 4.62. The quantitative estimate of drug-likeness (QED) is 0.882. The molecule has 0 bridgehead atoms. The first-order valence-corrected chi connectivity index (χ1v) is 7.90. The average Bonchev–Trinajstić information content (AvgIpc) is 2.28. The molecule has 1 aliphatic carbocycles. The Morgan fingerprint density at radius 3 is 2.56 bits per heavy atom. The Morgan fingerprint density at radius 2 is 1.83 bits per heavy atom. The molecule has 2 rings (SSSR count). The highest BCUT2D eigenvalue weighted by Crippen LogP contribution is 2.31. The fourth-order valence-electron chi connectivity index (χ4n) is 2.65. The van der Waals surface area contributed by atoms with Crippen LogP contribution in [0.5, 0.6) is 0 Å². The zero-order valence-corrected chi connectivity index (χ0v) is 12.3. The predicted molar refractivity (Wildman–Crippen MR) is 79.0 cm³/mol. The van der Waals surface area contributed by atoms with Crippen molar-refractivity contribution in [2.75, 3.05) is 0 Å². The molecule has 2 N–H and O–H groups in total.